The molecule has 3 fully saturated rings. The summed E-state index contributed by atoms with van der Waals surface area (Å²) in [7, 11) is 0. The lowest BCUT2D eigenvalue weighted by Gasteiger charge is -2.47. The van der Waals surface area contributed by atoms with E-state index in [9.17, 15) is 4.79 Å². The Morgan fingerprint density at radius 1 is 0.517 bits per heavy atom. The van der Waals surface area contributed by atoms with Gasteiger partial charge in [0.05, 0.1) is 60.9 Å². The summed E-state index contributed by atoms with van der Waals surface area (Å²) >= 11 is 2.30. The quantitative estimate of drug-likeness (QED) is 0.0578. The summed E-state index contributed by atoms with van der Waals surface area (Å²) < 4.78 is 65.0. The van der Waals surface area contributed by atoms with Crippen LogP contribution in [-0.2, 0) is 78.6 Å². The van der Waals surface area contributed by atoms with Gasteiger partial charge in [-0.25, -0.2) is 0 Å². The van der Waals surface area contributed by atoms with Crippen molar-refractivity contribution in [1.29, 1.82) is 0 Å². The van der Waals surface area contributed by atoms with Gasteiger partial charge in [-0.15, -0.1) is 0 Å². The highest BCUT2D eigenvalue weighted by Crippen LogP contribution is 2.37. The molecule has 0 radical (unpaired) electrons. The highest BCUT2D eigenvalue weighted by Gasteiger charge is 2.50. The van der Waals surface area contributed by atoms with E-state index < -0.39 is 73.7 Å². The fourth-order valence-electron chi connectivity index (χ4n) is 7.99. The molecular weight excluding hydrogens is 879 g/mol. The van der Waals surface area contributed by atoms with Crippen LogP contribution in [0.4, 0.5) is 0 Å². The lowest BCUT2D eigenvalue weighted by Crippen LogP contribution is -2.60. The third-order valence-electron chi connectivity index (χ3n) is 11.0. The smallest absolute Gasteiger partial charge is 0.303 e. The van der Waals surface area contributed by atoms with Crippen molar-refractivity contribution < 1.29 is 52.2 Å². The summed E-state index contributed by atoms with van der Waals surface area (Å²) in [5.74, 6) is -0.402. The fourth-order valence-corrected chi connectivity index (χ4v) is 8.95. The molecule has 13 atom stereocenters. The molecule has 3 saturated heterocycles. The first-order valence-corrected chi connectivity index (χ1v) is 22.2. The minimum atomic E-state index is -0.729. The third-order valence-corrected chi connectivity index (χ3v) is 12.3. The average Bonchev–Trinajstić information content (AvgIpc) is 3.25. The summed E-state index contributed by atoms with van der Waals surface area (Å²) in [6, 6.07) is 40.1. The Labute approximate surface area is 367 Å². The molecule has 0 aliphatic carbocycles. The molecule has 3 aliphatic heterocycles. The highest BCUT2D eigenvalue weighted by atomic mass is 127. The van der Waals surface area contributed by atoms with Crippen LogP contribution < -0.4 is 0 Å². The van der Waals surface area contributed by atoms with Gasteiger partial charge >= 0.3 is 5.97 Å². The van der Waals surface area contributed by atoms with E-state index >= 15 is 0 Å². The highest BCUT2D eigenvalue weighted by molar-refractivity contribution is 14.1. The van der Waals surface area contributed by atoms with Crippen molar-refractivity contribution >= 4 is 28.6 Å². The van der Waals surface area contributed by atoms with Crippen LogP contribution in [0.3, 0.4) is 0 Å². The lowest BCUT2D eigenvalue weighted by atomic mass is 9.99. The van der Waals surface area contributed by atoms with Crippen molar-refractivity contribution in [2.45, 2.75) is 145 Å². The summed E-state index contributed by atoms with van der Waals surface area (Å²) in [6.07, 6.45) is -5.40. The topological polar surface area (TPSA) is 109 Å². The lowest BCUT2D eigenvalue weighted by molar-refractivity contribution is -0.334. The van der Waals surface area contributed by atoms with Gasteiger partial charge in [0.1, 0.15) is 18.3 Å². The number of hydrogen-bond donors (Lipinski definition) is 0. The standard InChI is InChI=1S/C48H57IO11/c1-31-44(52-28-36-19-11-6-12-20-36)39(25-41(55-31)51-27-35-17-9-5-10-18-35)59-42-26-40(45(32(2)56-42)53-29-37-21-13-7-14-22-37)60-48-43(49)47(46(33(3)57-48)58-34(4)50)54-30-38-23-15-8-16-24-38/h5-24,31-33,39-48H,25-30H2,1-4H3/t31-,32-,33-,39+,40+,41+,42-,43+,44-,45-,46-,47+,48-/m0/s1. The number of carbonyl (C=O) groups excluding carboxylic acids is 1. The Morgan fingerprint density at radius 2 is 0.900 bits per heavy atom. The Bertz CT molecular complexity index is 1860. The molecule has 60 heavy (non-hydrogen) atoms. The van der Waals surface area contributed by atoms with E-state index in [2.05, 4.69) is 22.6 Å². The molecule has 4 aromatic carbocycles. The van der Waals surface area contributed by atoms with E-state index in [1.807, 2.05) is 142 Å². The largest absolute Gasteiger partial charge is 0.457 e. The number of benzene rings is 4. The first-order chi connectivity index (χ1) is 29.2. The zero-order valence-corrected chi connectivity index (χ0v) is 36.8. The molecule has 0 aromatic heterocycles. The predicted molar refractivity (Wildman–Crippen MR) is 232 cm³/mol. The van der Waals surface area contributed by atoms with E-state index in [1.54, 1.807) is 0 Å². The normalized spacial score (nSPS) is 32.0. The number of carbonyl (C=O) groups is 1. The van der Waals surface area contributed by atoms with E-state index in [0.29, 0.717) is 39.3 Å². The second-order valence-corrected chi connectivity index (χ2v) is 17.1. The zero-order valence-electron chi connectivity index (χ0n) is 34.7. The minimum Gasteiger partial charge on any atom is -0.457 e. The maximum Gasteiger partial charge on any atom is 0.303 e. The molecule has 0 spiro atoms. The maximum atomic E-state index is 12.3. The molecule has 0 amide bonds. The molecule has 0 saturated carbocycles. The summed E-state index contributed by atoms with van der Waals surface area (Å²) in [4.78, 5) is 12.3. The Morgan fingerprint density at radius 3 is 1.37 bits per heavy atom. The van der Waals surface area contributed by atoms with Crippen LogP contribution >= 0.6 is 22.6 Å². The van der Waals surface area contributed by atoms with E-state index in [1.165, 1.54) is 6.92 Å². The molecule has 7 rings (SSSR count). The fraction of sp³-hybridized carbons (Fsp3) is 0.479. The third kappa shape index (κ3) is 12.4. The molecule has 11 nitrogen and oxygen atoms in total. The van der Waals surface area contributed by atoms with Crippen molar-refractivity contribution in [2.24, 2.45) is 0 Å². The molecule has 12 heteroatoms. The van der Waals surface area contributed by atoms with Gasteiger partial charge in [0.25, 0.3) is 0 Å². The molecule has 3 heterocycles. The van der Waals surface area contributed by atoms with Crippen molar-refractivity contribution in [3.8, 4) is 0 Å². The number of halogens is 1. The Kier molecular flexibility index (Phi) is 16.6. The van der Waals surface area contributed by atoms with Gasteiger partial charge in [0.15, 0.2) is 25.0 Å². The number of rotatable bonds is 17. The van der Waals surface area contributed by atoms with Crippen LogP contribution in [0.25, 0.3) is 0 Å². The Hall–Kier alpha value is -3.28. The van der Waals surface area contributed by atoms with Crippen molar-refractivity contribution in [3.63, 3.8) is 0 Å². The van der Waals surface area contributed by atoms with E-state index in [0.717, 1.165) is 22.3 Å². The van der Waals surface area contributed by atoms with Crippen LogP contribution in [0, 0.1) is 0 Å². The molecule has 322 valence electrons. The molecule has 0 unspecified atom stereocenters. The Balaban J connectivity index is 1.10. The van der Waals surface area contributed by atoms with Gasteiger partial charge in [-0.05, 0) is 43.0 Å². The van der Waals surface area contributed by atoms with Gasteiger partial charge in [-0.2, -0.15) is 0 Å². The van der Waals surface area contributed by atoms with Crippen molar-refractivity contribution in [1.82, 2.24) is 0 Å². The van der Waals surface area contributed by atoms with Crippen LogP contribution in [0.15, 0.2) is 121 Å². The molecule has 4 aromatic rings. The number of ether oxygens (including phenoxy) is 10. The SMILES string of the molecule is CC(=O)O[C@@H]1[C@H](OCc2ccccc2)[C@@H](I)[C@H](O[C@@H]2C[C@H](O[C@@H]3C[C@H](OCc4ccccc4)O[C@@H](C)[C@@H]3OCc3ccccc3)O[C@@H](C)[C@@H]2OCc2ccccc2)O[C@H]1C. The monoisotopic (exact) mass is 936 g/mol. The molecular formula is C48H57IO11. The van der Waals surface area contributed by atoms with Crippen LogP contribution in [0.5, 0.6) is 0 Å². The second kappa shape index (κ2) is 22.2. The van der Waals surface area contributed by atoms with Crippen LogP contribution in [0.2, 0.25) is 0 Å². The van der Waals surface area contributed by atoms with Crippen LogP contribution in [0.1, 0.15) is 62.8 Å². The molecule has 0 bridgehead atoms. The predicted octanol–water partition coefficient (Wildman–Crippen LogP) is 8.48. The number of hydrogen-bond acceptors (Lipinski definition) is 11. The van der Waals surface area contributed by atoms with Gasteiger partial charge in [0, 0.05) is 19.8 Å². The zero-order chi connectivity index (χ0) is 41.8. The number of esters is 1. The molecule has 3 aliphatic rings. The van der Waals surface area contributed by atoms with Gasteiger partial charge in [0.2, 0.25) is 0 Å². The molecule has 0 N–H and O–H groups in total. The van der Waals surface area contributed by atoms with Crippen molar-refractivity contribution in [2.75, 3.05) is 0 Å². The van der Waals surface area contributed by atoms with E-state index in [-0.39, 0.29) is 10.0 Å². The van der Waals surface area contributed by atoms with Gasteiger partial charge in [-0.3, -0.25) is 4.79 Å². The van der Waals surface area contributed by atoms with Crippen LogP contribution in [-0.4, -0.2) is 83.7 Å². The summed E-state index contributed by atoms with van der Waals surface area (Å²) in [6.45, 7) is 8.76. The van der Waals surface area contributed by atoms with Gasteiger partial charge in [-0.1, -0.05) is 144 Å². The maximum absolute atomic E-state index is 12.3. The first-order valence-electron chi connectivity index (χ1n) is 20.9. The average molecular weight is 937 g/mol. The van der Waals surface area contributed by atoms with Gasteiger partial charge < -0.3 is 47.4 Å². The first kappa shape index (κ1) is 44.8. The summed E-state index contributed by atoms with van der Waals surface area (Å²) in [5.41, 5.74) is 4.15. The second-order valence-electron chi connectivity index (χ2n) is 15.7. The minimum absolute atomic E-state index is 0.335. The summed E-state index contributed by atoms with van der Waals surface area (Å²) in [5, 5.41) is 0. The van der Waals surface area contributed by atoms with Crippen molar-refractivity contribution in [3.05, 3.63) is 144 Å². The number of alkyl halides is 1. The van der Waals surface area contributed by atoms with E-state index in [4.69, 9.17) is 47.4 Å².